The van der Waals surface area contributed by atoms with Crippen molar-refractivity contribution in [1.29, 1.82) is 0 Å². The molecule has 28 heavy (non-hydrogen) atoms. The van der Waals surface area contributed by atoms with Gasteiger partial charge in [-0.3, -0.25) is 19.0 Å². The van der Waals surface area contributed by atoms with Crippen molar-refractivity contribution in [3.8, 4) is 0 Å². The number of benzene rings is 1. The summed E-state index contributed by atoms with van der Waals surface area (Å²) in [5.41, 5.74) is 1.66. The molecule has 0 bridgehead atoms. The second-order valence-corrected chi connectivity index (χ2v) is 10.4. The number of carbonyl (C=O) groups excluding carboxylic acids is 2. The van der Waals surface area contributed by atoms with Crippen molar-refractivity contribution < 1.29 is 22.6 Å². The molecule has 0 radical (unpaired) electrons. The van der Waals surface area contributed by atoms with Crippen LogP contribution in [0.15, 0.2) is 27.6 Å². The molecule has 2 heterocycles. The number of fused-ring (bicyclic) bond motifs is 1. The Hall–Kier alpha value is -1.27. The van der Waals surface area contributed by atoms with Crippen molar-refractivity contribution >= 4 is 77.4 Å². The van der Waals surface area contributed by atoms with Gasteiger partial charge in [0.15, 0.2) is 0 Å². The highest BCUT2D eigenvalue weighted by Gasteiger charge is 2.42. The fourth-order valence-corrected chi connectivity index (χ4v) is 5.16. The van der Waals surface area contributed by atoms with Crippen LogP contribution in [-0.4, -0.2) is 52.8 Å². The normalized spacial score (nSPS) is 19.8. The standard InChI is InChI=1S/C17H17BrN2O5S3/c1-2-3-6-19-12-5-4-10(18)9-11(12)13(15(19)21)14-16(22)20(17(26)27-14)7-8-28(23,24)25/h4-5,9H,2-3,6-8H2,1H3,(H,23,24,25). The van der Waals surface area contributed by atoms with E-state index in [1.807, 2.05) is 19.1 Å². The lowest BCUT2D eigenvalue weighted by Gasteiger charge is -2.16. The van der Waals surface area contributed by atoms with Crippen LogP contribution in [0.2, 0.25) is 0 Å². The average Bonchev–Trinajstić information content (AvgIpc) is 3.03. The Bertz CT molecular complexity index is 1010. The molecular weight excluding hydrogens is 488 g/mol. The van der Waals surface area contributed by atoms with Gasteiger partial charge in [-0.15, -0.1) is 0 Å². The molecule has 7 nitrogen and oxygen atoms in total. The first-order valence-electron chi connectivity index (χ1n) is 8.49. The first-order valence-corrected chi connectivity index (χ1v) is 12.1. The maximum Gasteiger partial charge on any atom is 0.267 e. The molecule has 150 valence electrons. The van der Waals surface area contributed by atoms with Crippen LogP contribution in [0.3, 0.4) is 0 Å². The number of hydrogen-bond acceptors (Lipinski definition) is 6. The van der Waals surface area contributed by atoms with Gasteiger partial charge in [-0.2, -0.15) is 8.42 Å². The van der Waals surface area contributed by atoms with E-state index in [4.69, 9.17) is 16.8 Å². The molecule has 3 rings (SSSR count). The molecule has 11 heteroatoms. The summed E-state index contributed by atoms with van der Waals surface area (Å²) >= 11 is 9.59. The molecule has 0 aromatic heterocycles. The van der Waals surface area contributed by atoms with Gasteiger partial charge in [-0.05, 0) is 24.6 Å². The third-order valence-electron chi connectivity index (χ3n) is 4.36. The Morgan fingerprint density at radius 1 is 1.18 bits per heavy atom. The fourth-order valence-electron chi connectivity index (χ4n) is 3.01. The molecule has 2 amide bonds. The summed E-state index contributed by atoms with van der Waals surface area (Å²) in [7, 11) is -4.24. The minimum absolute atomic E-state index is 0.160. The summed E-state index contributed by atoms with van der Waals surface area (Å²) in [5, 5.41) is 0. The van der Waals surface area contributed by atoms with E-state index >= 15 is 0 Å². The summed E-state index contributed by atoms with van der Waals surface area (Å²) in [6.45, 7) is 2.31. The molecule has 1 aromatic carbocycles. The van der Waals surface area contributed by atoms with E-state index in [0.29, 0.717) is 12.1 Å². The van der Waals surface area contributed by atoms with Crippen LogP contribution < -0.4 is 4.90 Å². The molecule has 0 spiro atoms. The highest BCUT2D eigenvalue weighted by molar-refractivity contribution is 9.10. The Balaban J connectivity index is 2.03. The number of anilines is 1. The number of amides is 2. The number of thioether (sulfide) groups is 1. The molecule has 1 fully saturated rings. The van der Waals surface area contributed by atoms with Crippen molar-refractivity contribution in [2.75, 3.05) is 23.7 Å². The zero-order valence-corrected chi connectivity index (χ0v) is 18.9. The Morgan fingerprint density at radius 3 is 2.54 bits per heavy atom. The van der Waals surface area contributed by atoms with Gasteiger partial charge >= 0.3 is 0 Å². The number of nitrogens with zero attached hydrogens (tertiary/aromatic N) is 2. The molecule has 0 unspecified atom stereocenters. The maximum absolute atomic E-state index is 13.1. The lowest BCUT2D eigenvalue weighted by Crippen LogP contribution is -2.33. The van der Waals surface area contributed by atoms with Crippen LogP contribution in [-0.2, 0) is 19.7 Å². The number of unbranched alkanes of at least 4 members (excludes halogenated alkanes) is 1. The monoisotopic (exact) mass is 504 g/mol. The molecule has 2 aliphatic heterocycles. The smallest absolute Gasteiger partial charge is 0.267 e. The number of halogens is 1. The number of carbonyl (C=O) groups is 2. The van der Waals surface area contributed by atoms with E-state index in [9.17, 15) is 18.0 Å². The molecule has 1 saturated heterocycles. The second kappa shape index (κ2) is 8.23. The van der Waals surface area contributed by atoms with Gasteiger partial charge in [0, 0.05) is 23.1 Å². The van der Waals surface area contributed by atoms with Crippen molar-refractivity contribution in [3.63, 3.8) is 0 Å². The van der Waals surface area contributed by atoms with Crippen molar-refractivity contribution in [2.24, 2.45) is 0 Å². The lowest BCUT2D eigenvalue weighted by molar-refractivity contribution is -0.122. The predicted octanol–water partition coefficient (Wildman–Crippen LogP) is 3.06. The third-order valence-corrected chi connectivity index (χ3v) is 7.00. The van der Waals surface area contributed by atoms with Gasteiger partial charge in [0.2, 0.25) is 0 Å². The SMILES string of the molecule is CCCCN1C(=O)C(=C2SC(=S)N(CCS(=O)(=O)O)C2=O)c2cc(Br)ccc21. The summed E-state index contributed by atoms with van der Waals surface area (Å²) in [6, 6.07) is 5.46. The van der Waals surface area contributed by atoms with Crippen LogP contribution >= 0.6 is 39.9 Å². The second-order valence-electron chi connectivity index (χ2n) is 6.29. The van der Waals surface area contributed by atoms with Crippen LogP contribution in [0, 0.1) is 0 Å². The number of rotatable bonds is 6. The van der Waals surface area contributed by atoms with Crippen LogP contribution in [0.25, 0.3) is 5.57 Å². The van der Waals surface area contributed by atoms with Gasteiger partial charge in [0.25, 0.3) is 21.9 Å². The first kappa shape index (κ1) is 21.4. The molecule has 2 aliphatic rings. The van der Waals surface area contributed by atoms with E-state index in [1.54, 1.807) is 11.0 Å². The Morgan fingerprint density at radius 2 is 1.89 bits per heavy atom. The van der Waals surface area contributed by atoms with Crippen molar-refractivity contribution in [2.45, 2.75) is 19.8 Å². The first-order chi connectivity index (χ1) is 13.1. The zero-order chi connectivity index (χ0) is 20.6. The summed E-state index contributed by atoms with van der Waals surface area (Å²) in [4.78, 5) is 29.0. The molecule has 1 N–H and O–H groups in total. The summed E-state index contributed by atoms with van der Waals surface area (Å²) in [6.07, 6.45) is 1.74. The molecule has 0 saturated carbocycles. The predicted molar refractivity (Wildman–Crippen MR) is 117 cm³/mol. The quantitative estimate of drug-likeness (QED) is 0.361. The lowest BCUT2D eigenvalue weighted by atomic mass is 10.1. The maximum atomic E-state index is 13.1. The van der Waals surface area contributed by atoms with Crippen LogP contribution in [0.4, 0.5) is 5.69 Å². The van der Waals surface area contributed by atoms with Gasteiger partial charge in [-0.1, -0.05) is 53.3 Å². The van der Waals surface area contributed by atoms with E-state index in [2.05, 4.69) is 15.9 Å². The van der Waals surface area contributed by atoms with Gasteiger partial charge in [-0.25, -0.2) is 0 Å². The molecule has 1 aromatic rings. The largest absolute Gasteiger partial charge is 0.308 e. The van der Waals surface area contributed by atoms with E-state index in [0.717, 1.165) is 39.7 Å². The van der Waals surface area contributed by atoms with Gasteiger partial charge < -0.3 is 4.90 Å². The topological polar surface area (TPSA) is 95.0 Å². The third kappa shape index (κ3) is 4.18. The van der Waals surface area contributed by atoms with Gasteiger partial charge in [0.1, 0.15) is 4.32 Å². The minimum Gasteiger partial charge on any atom is -0.308 e. The average molecular weight is 505 g/mol. The number of thiocarbonyl (C=S) groups is 1. The molecule has 0 atom stereocenters. The summed E-state index contributed by atoms with van der Waals surface area (Å²) < 4.78 is 31.9. The van der Waals surface area contributed by atoms with E-state index < -0.39 is 21.8 Å². The zero-order valence-electron chi connectivity index (χ0n) is 14.8. The number of hydrogen-bond donors (Lipinski definition) is 1. The molecule has 0 aliphatic carbocycles. The highest BCUT2D eigenvalue weighted by Crippen LogP contribution is 2.45. The minimum atomic E-state index is -4.24. The summed E-state index contributed by atoms with van der Waals surface area (Å²) in [5.74, 6) is -1.41. The Kier molecular flexibility index (Phi) is 6.30. The van der Waals surface area contributed by atoms with E-state index in [-0.39, 0.29) is 27.3 Å². The Labute approximate surface area is 181 Å². The fraction of sp³-hybridized carbons (Fsp3) is 0.353. The van der Waals surface area contributed by atoms with Crippen molar-refractivity contribution in [3.05, 3.63) is 33.1 Å². The van der Waals surface area contributed by atoms with Crippen LogP contribution in [0.5, 0.6) is 0 Å². The molecular formula is C17H17BrN2O5S3. The van der Waals surface area contributed by atoms with Crippen LogP contribution in [0.1, 0.15) is 25.3 Å². The van der Waals surface area contributed by atoms with Crippen molar-refractivity contribution in [1.82, 2.24) is 4.90 Å². The highest BCUT2D eigenvalue weighted by atomic mass is 79.9. The van der Waals surface area contributed by atoms with E-state index in [1.165, 1.54) is 0 Å². The van der Waals surface area contributed by atoms with Gasteiger partial charge in [0.05, 0.1) is 21.9 Å².